The minimum absolute atomic E-state index is 0.0641. The van der Waals surface area contributed by atoms with Gasteiger partial charge < -0.3 is 10.0 Å². The molecule has 1 N–H and O–H groups in total. The Balaban J connectivity index is 2.88. The fourth-order valence-corrected chi connectivity index (χ4v) is 1.83. The topological polar surface area (TPSA) is 70.5 Å². The Labute approximate surface area is 106 Å². The summed E-state index contributed by atoms with van der Waals surface area (Å²) in [5, 5.41) is 8.77. The van der Waals surface area contributed by atoms with E-state index in [9.17, 15) is 9.59 Å². The maximum absolute atomic E-state index is 12.2. The standard InChI is InChI=1S/C13H18N2O3/c1-4-15(10(3)8-12(16)17)13(18)11-7-5-6-9(2)14-11/h5-7,10H,4,8H2,1-3H3,(H,16,17). The first-order chi connectivity index (χ1) is 8.45. The molecule has 1 unspecified atom stereocenters. The van der Waals surface area contributed by atoms with E-state index in [0.29, 0.717) is 12.2 Å². The fraction of sp³-hybridized carbons (Fsp3) is 0.462. The zero-order valence-corrected chi connectivity index (χ0v) is 10.9. The molecule has 1 aromatic rings. The summed E-state index contributed by atoms with van der Waals surface area (Å²) in [6, 6.07) is 4.88. The second kappa shape index (κ2) is 6.14. The Morgan fingerprint density at radius 3 is 2.61 bits per heavy atom. The van der Waals surface area contributed by atoms with Crippen LogP contribution in [0.15, 0.2) is 18.2 Å². The molecule has 18 heavy (non-hydrogen) atoms. The number of carboxylic acids is 1. The number of amides is 1. The molecule has 0 aliphatic carbocycles. The van der Waals surface area contributed by atoms with Gasteiger partial charge in [-0.25, -0.2) is 4.98 Å². The molecule has 1 aromatic heterocycles. The van der Waals surface area contributed by atoms with Crippen molar-refractivity contribution in [3.05, 3.63) is 29.6 Å². The van der Waals surface area contributed by atoms with Gasteiger partial charge >= 0.3 is 5.97 Å². The molecule has 1 amide bonds. The Kier molecular flexibility index (Phi) is 4.83. The number of hydrogen-bond acceptors (Lipinski definition) is 3. The molecular weight excluding hydrogens is 232 g/mol. The lowest BCUT2D eigenvalue weighted by molar-refractivity contribution is -0.138. The average molecular weight is 250 g/mol. The third-order valence-electron chi connectivity index (χ3n) is 2.71. The van der Waals surface area contributed by atoms with Crippen LogP contribution in [-0.2, 0) is 4.79 Å². The van der Waals surface area contributed by atoms with Gasteiger partial charge in [0.1, 0.15) is 5.69 Å². The summed E-state index contributed by atoms with van der Waals surface area (Å²) in [4.78, 5) is 28.6. The predicted molar refractivity (Wildman–Crippen MR) is 67.4 cm³/mol. The van der Waals surface area contributed by atoms with Crippen LogP contribution in [0.3, 0.4) is 0 Å². The van der Waals surface area contributed by atoms with Crippen molar-refractivity contribution in [2.45, 2.75) is 33.2 Å². The minimum atomic E-state index is -0.911. The summed E-state index contributed by atoms with van der Waals surface area (Å²) >= 11 is 0. The highest BCUT2D eigenvalue weighted by Crippen LogP contribution is 2.10. The smallest absolute Gasteiger partial charge is 0.305 e. The van der Waals surface area contributed by atoms with Gasteiger partial charge in [-0.15, -0.1) is 0 Å². The van der Waals surface area contributed by atoms with E-state index < -0.39 is 5.97 Å². The van der Waals surface area contributed by atoms with Crippen LogP contribution < -0.4 is 0 Å². The monoisotopic (exact) mass is 250 g/mol. The van der Waals surface area contributed by atoms with Crippen LogP contribution in [0.25, 0.3) is 0 Å². The zero-order valence-electron chi connectivity index (χ0n) is 10.9. The molecule has 1 heterocycles. The summed E-state index contributed by atoms with van der Waals surface area (Å²) in [6.45, 7) is 5.83. The predicted octanol–water partition coefficient (Wildman–Crippen LogP) is 1.72. The number of hydrogen-bond donors (Lipinski definition) is 1. The largest absolute Gasteiger partial charge is 0.481 e. The highest BCUT2D eigenvalue weighted by Gasteiger charge is 2.22. The van der Waals surface area contributed by atoms with Crippen LogP contribution in [0.1, 0.15) is 36.5 Å². The SMILES string of the molecule is CCN(C(=O)c1cccc(C)n1)C(C)CC(=O)O. The van der Waals surface area contributed by atoms with E-state index in [4.69, 9.17) is 5.11 Å². The second-order valence-electron chi connectivity index (χ2n) is 4.20. The van der Waals surface area contributed by atoms with Crippen LogP contribution in [-0.4, -0.2) is 39.5 Å². The first-order valence-electron chi connectivity index (χ1n) is 5.92. The summed E-state index contributed by atoms with van der Waals surface area (Å²) in [6.07, 6.45) is -0.0641. The van der Waals surface area contributed by atoms with Gasteiger partial charge in [0.25, 0.3) is 5.91 Å². The third-order valence-corrected chi connectivity index (χ3v) is 2.71. The molecule has 5 nitrogen and oxygen atoms in total. The van der Waals surface area contributed by atoms with Crippen LogP contribution in [0.2, 0.25) is 0 Å². The third kappa shape index (κ3) is 3.55. The molecule has 1 rings (SSSR count). The molecule has 0 saturated carbocycles. The first kappa shape index (κ1) is 14.2. The molecule has 1 atom stereocenters. The van der Waals surface area contributed by atoms with Crippen LogP contribution in [0, 0.1) is 6.92 Å². The highest BCUT2D eigenvalue weighted by atomic mass is 16.4. The minimum Gasteiger partial charge on any atom is -0.481 e. The van der Waals surface area contributed by atoms with Crippen LogP contribution in [0.5, 0.6) is 0 Å². The van der Waals surface area contributed by atoms with E-state index in [2.05, 4.69) is 4.98 Å². The lowest BCUT2D eigenvalue weighted by Crippen LogP contribution is -2.40. The zero-order chi connectivity index (χ0) is 13.7. The molecule has 0 aliphatic heterocycles. The number of pyridine rings is 1. The van der Waals surface area contributed by atoms with Gasteiger partial charge in [-0.2, -0.15) is 0 Å². The van der Waals surface area contributed by atoms with Gasteiger partial charge in [0.2, 0.25) is 0 Å². The van der Waals surface area contributed by atoms with Crippen molar-refractivity contribution in [3.63, 3.8) is 0 Å². The van der Waals surface area contributed by atoms with Crippen molar-refractivity contribution < 1.29 is 14.7 Å². The molecule has 0 fully saturated rings. The Bertz CT molecular complexity index is 446. The Hall–Kier alpha value is -1.91. The molecule has 0 aromatic carbocycles. The van der Waals surface area contributed by atoms with Crippen molar-refractivity contribution in [1.82, 2.24) is 9.88 Å². The van der Waals surface area contributed by atoms with E-state index >= 15 is 0 Å². The number of nitrogens with zero attached hydrogens (tertiary/aromatic N) is 2. The summed E-state index contributed by atoms with van der Waals surface area (Å²) in [5.74, 6) is -1.14. The maximum Gasteiger partial charge on any atom is 0.305 e. The summed E-state index contributed by atoms with van der Waals surface area (Å²) in [5.41, 5.74) is 1.12. The van der Waals surface area contributed by atoms with E-state index in [1.54, 1.807) is 19.1 Å². The summed E-state index contributed by atoms with van der Waals surface area (Å²) < 4.78 is 0. The number of carbonyl (C=O) groups excluding carboxylic acids is 1. The van der Waals surface area contributed by atoms with Gasteiger partial charge in [-0.3, -0.25) is 9.59 Å². The number of carbonyl (C=O) groups is 2. The molecular formula is C13H18N2O3. The van der Waals surface area contributed by atoms with Crippen molar-refractivity contribution in [3.8, 4) is 0 Å². The highest BCUT2D eigenvalue weighted by molar-refractivity contribution is 5.92. The van der Waals surface area contributed by atoms with Crippen LogP contribution >= 0.6 is 0 Å². The molecule has 0 bridgehead atoms. The van der Waals surface area contributed by atoms with Crippen molar-refractivity contribution in [2.24, 2.45) is 0 Å². The molecule has 0 radical (unpaired) electrons. The molecule has 0 aliphatic rings. The fourth-order valence-electron chi connectivity index (χ4n) is 1.83. The van der Waals surface area contributed by atoms with Crippen molar-refractivity contribution in [1.29, 1.82) is 0 Å². The lowest BCUT2D eigenvalue weighted by Gasteiger charge is -2.26. The number of aliphatic carboxylic acids is 1. The molecule has 0 saturated heterocycles. The number of carboxylic acid groups (broad SMARTS) is 1. The van der Waals surface area contributed by atoms with Crippen molar-refractivity contribution >= 4 is 11.9 Å². The molecule has 0 spiro atoms. The second-order valence-corrected chi connectivity index (χ2v) is 4.20. The maximum atomic E-state index is 12.2. The summed E-state index contributed by atoms with van der Waals surface area (Å²) in [7, 11) is 0. The Morgan fingerprint density at radius 1 is 1.44 bits per heavy atom. The number of rotatable bonds is 5. The normalized spacial score (nSPS) is 11.9. The van der Waals surface area contributed by atoms with E-state index in [1.807, 2.05) is 19.9 Å². The first-order valence-corrected chi connectivity index (χ1v) is 5.92. The van der Waals surface area contributed by atoms with Crippen molar-refractivity contribution in [2.75, 3.05) is 6.54 Å². The van der Waals surface area contributed by atoms with Gasteiger partial charge in [0.15, 0.2) is 0 Å². The molecule has 5 heteroatoms. The van der Waals surface area contributed by atoms with Gasteiger partial charge in [0, 0.05) is 18.3 Å². The van der Waals surface area contributed by atoms with E-state index in [-0.39, 0.29) is 18.4 Å². The quantitative estimate of drug-likeness (QED) is 0.863. The lowest BCUT2D eigenvalue weighted by atomic mass is 10.2. The van der Waals surface area contributed by atoms with Crippen LogP contribution in [0.4, 0.5) is 0 Å². The van der Waals surface area contributed by atoms with Gasteiger partial charge in [-0.05, 0) is 32.9 Å². The molecule has 98 valence electrons. The average Bonchev–Trinajstić information content (AvgIpc) is 2.28. The number of aryl methyl sites for hydroxylation is 1. The van der Waals surface area contributed by atoms with Gasteiger partial charge in [-0.1, -0.05) is 6.07 Å². The van der Waals surface area contributed by atoms with Gasteiger partial charge in [0.05, 0.1) is 6.42 Å². The van der Waals surface area contributed by atoms with E-state index in [1.165, 1.54) is 4.90 Å². The number of aromatic nitrogens is 1. The Morgan fingerprint density at radius 2 is 2.11 bits per heavy atom. The van der Waals surface area contributed by atoms with E-state index in [0.717, 1.165) is 5.69 Å².